The van der Waals surface area contributed by atoms with E-state index in [2.05, 4.69) is 36.9 Å². The molecular weight excluding hydrogens is 445 g/mol. The van der Waals surface area contributed by atoms with Crippen LogP contribution < -0.4 is 5.73 Å². The lowest BCUT2D eigenvalue weighted by Gasteiger charge is -2.32. The summed E-state index contributed by atoms with van der Waals surface area (Å²) in [7, 11) is 0. The molecule has 3 nitrogen and oxygen atoms in total. The van der Waals surface area contributed by atoms with Gasteiger partial charge in [-0.2, -0.15) is 9.65 Å². The molecule has 0 atom stereocenters. The van der Waals surface area contributed by atoms with Crippen molar-refractivity contribution in [3.8, 4) is 6.07 Å². The molecule has 0 radical (unpaired) electrons. The molecule has 0 bridgehead atoms. The Hall–Kier alpha value is -4.23. The van der Waals surface area contributed by atoms with Gasteiger partial charge in [-0.1, -0.05) is 67.1 Å². The second-order valence-corrected chi connectivity index (χ2v) is 9.48. The van der Waals surface area contributed by atoms with Gasteiger partial charge in [0.05, 0.1) is 17.2 Å². The maximum absolute atomic E-state index is 14.1. The van der Waals surface area contributed by atoms with Crippen molar-refractivity contribution in [2.75, 3.05) is 5.73 Å². The zero-order chi connectivity index (χ0) is 25.8. The quantitative estimate of drug-likeness (QED) is 0.157. The maximum Gasteiger partial charge on any atom is 0.214 e. The first-order chi connectivity index (χ1) is 17.3. The number of aryl methyl sites for hydroxylation is 1. The van der Waals surface area contributed by atoms with Crippen LogP contribution in [0.1, 0.15) is 65.1 Å². The summed E-state index contributed by atoms with van der Waals surface area (Å²) in [5, 5.41) is 17.0. The molecule has 1 fully saturated rings. The Morgan fingerprint density at radius 3 is 2.31 bits per heavy atom. The summed E-state index contributed by atoms with van der Waals surface area (Å²) in [5.41, 5.74) is 15.1. The smallest absolute Gasteiger partial charge is 0.214 e. The van der Waals surface area contributed by atoms with Crippen LogP contribution in [0.5, 0.6) is 0 Å². The van der Waals surface area contributed by atoms with Crippen LogP contribution in [0.3, 0.4) is 0 Å². The average Bonchev–Trinajstić information content (AvgIpc) is 2.82. The summed E-state index contributed by atoms with van der Waals surface area (Å²) < 4.78 is 14.1. The Bertz CT molecular complexity index is 1430. The van der Waals surface area contributed by atoms with Gasteiger partial charge in [-0.05, 0) is 95.8 Å². The Kier molecular flexibility index (Phi) is 7.31. The van der Waals surface area contributed by atoms with Crippen molar-refractivity contribution in [2.24, 2.45) is 5.92 Å². The monoisotopic (exact) mass is 475 g/mol. The lowest BCUT2D eigenvalue weighted by molar-refractivity contribution is 0.401. The lowest BCUT2D eigenvalue weighted by atomic mass is 9.72. The number of hydrogen-bond acceptors (Lipinski definition) is 3. The van der Waals surface area contributed by atoms with Crippen molar-refractivity contribution in [2.45, 2.75) is 33.1 Å². The zero-order valence-electron chi connectivity index (χ0n) is 20.7. The van der Waals surface area contributed by atoms with Gasteiger partial charge >= 0.3 is 0 Å². The normalized spacial score (nSPS) is 14.2. The summed E-state index contributed by atoms with van der Waals surface area (Å²) in [4.78, 5) is 0. The zero-order valence-corrected chi connectivity index (χ0v) is 20.7. The van der Waals surface area contributed by atoms with Crippen molar-refractivity contribution in [1.82, 2.24) is 0 Å². The van der Waals surface area contributed by atoms with Crippen molar-refractivity contribution >= 4 is 28.9 Å². The molecule has 0 saturated heterocycles. The highest BCUT2D eigenvalue weighted by Crippen LogP contribution is 2.46. The first-order valence-electron chi connectivity index (χ1n) is 12.1. The van der Waals surface area contributed by atoms with E-state index in [1.165, 1.54) is 5.57 Å². The number of allylic oxidation sites excluding steroid dienone is 3. The SMILES string of the molecule is C=C(C)/C=C/c1ccc(/C(=C(\c2ccc(C#N)cc2C)C2CCC2)c2ccc(N)c(C(=N)F)c2)cc1. The molecule has 0 heterocycles. The highest BCUT2D eigenvalue weighted by molar-refractivity contribution is 6.03. The van der Waals surface area contributed by atoms with E-state index >= 15 is 0 Å². The number of benzene rings is 3. The molecule has 4 rings (SSSR count). The molecule has 1 aliphatic carbocycles. The number of anilines is 1. The van der Waals surface area contributed by atoms with Crippen molar-refractivity contribution < 1.29 is 4.39 Å². The number of hydrogen-bond donors (Lipinski definition) is 2. The Balaban J connectivity index is 2.00. The number of nitrogens with zero attached hydrogens (tertiary/aromatic N) is 1. The molecule has 0 spiro atoms. The Morgan fingerprint density at radius 1 is 1.06 bits per heavy atom. The molecule has 0 aliphatic heterocycles. The second kappa shape index (κ2) is 10.6. The fourth-order valence-electron chi connectivity index (χ4n) is 4.67. The largest absolute Gasteiger partial charge is 0.398 e. The minimum absolute atomic E-state index is 0.0931. The fraction of sp³-hybridized carbons (Fsp3) is 0.188. The van der Waals surface area contributed by atoms with Gasteiger partial charge in [0, 0.05) is 5.69 Å². The standard InChI is InChI=1S/C32H30FN3/c1-20(2)7-8-22-9-12-25(13-10-22)30(26-14-16-29(35)28(18-26)32(33)36)31(24-5-4-6-24)27-15-11-23(19-34)17-21(27)3/h7-18,24,36H,1,4-6,35H2,2-3H3/b8-7+,31-30+,36-32?. The van der Waals surface area contributed by atoms with Crippen LogP contribution in [0.2, 0.25) is 0 Å². The summed E-state index contributed by atoms with van der Waals surface area (Å²) in [5.74, 6) is -0.700. The second-order valence-electron chi connectivity index (χ2n) is 9.48. The van der Waals surface area contributed by atoms with Crippen molar-refractivity contribution in [3.63, 3.8) is 0 Å². The highest BCUT2D eigenvalue weighted by Gasteiger charge is 2.28. The number of nitriles is 1. The van der Waals surface area contributed by atoms with Crippen molar-refractivity contribution in [3.05, 3.63) is 118 Å². The van der Waals surface area contributed by atoms with E-state index < -0.39 is 5.97 Å². The Labute approximate surface area is 212 Å². The molecule has 3 N–H and O–H groups in total. The van der Waals surface area contributed by atoms with Crippen LogP contribution in [-0.4, -0.2) is 5.97 Å². The third-order valence-electron chi connectivity index (χ3n) is 6.77. The average molecular weight is 476 g/mol. The van der Waals surface area contributed by atoms with Gasteiger partial charge in [-0.25, -0.2) is 0 Å². The number of nitrogen functional groups attached to an aromatic ring is 1. The van der Waals surface area contributed by atoms with Crippen LogP contribution >= 0.6 is 0 Å². The van der Waals surface area contributed by atoms with E-state index in [0.29, 0.717) is 11.5 Å². The minimum atomic E-state index is -1.05. The maximum atomic E-state index is 14.1. The van der Waals surface area contributed by atoms with Gasteiger partial charge in [0.2, 0.25) is 5.97 Å². The summed E-state index contributed by atoms with van der Waals surface area (Å²) >= 11 is 0. The number of halogens is 1. The number of nitrogens with one attached hydrogen (secondary N) is 1. The number of nitrogens with two attached hydrogens (primary N) is 1. The highest BCUT2D eigenvalue weighted by atomic mass is 19.1. The van der Waals surface area contributed by atoms with Gasteiger partial charge < -0.3 is 5.73 Å². The first kappa shape index (κ1) is 24.9. The van der Waals surface area contributed by atoms with Gasteiger partial charge in [0.15, 0.2) is 0 Å². The van der Waals surface area contributed by atoms with Crippen LogP contribution in [0.4, 0.5) is 10.1 Å². The molecule has 1 saturated carbocycles. The molecule has 1 aliphatic rings. The van der Waals surface area contributed by atoms with Gasteiger partial charge in [-0.15, -0.1) is 0 Å². The summed E-state index contributed by atoms with van der Waals surface area (Å²) in [6.45, 7) is 7.91. The van der Waals surface area contributed by atoms with Crippen LogP contribution in [0.15, 0.2) is 78.9 Å². The van der Waals surface area contributed by atoms with Gasteiger partial charge in [-0.3, -0.25) is 5.41 Å². The topological polar surface area (TPSA) is 73.7 Å². The third kappa shape index (κ3) is 5.21. The molecular formula is C32H30FN3. The predicted octanol–water partition coefficient (Wildman–Crippen LogP) is 8.09. The van der Waals surface area contributed by atoms with E-state index in [9.17, 15) is 9.65 Å². The Morgan fingerprint density at radius 2 is 1.75 bits per heavy atom. The van der Waals surface area contributed by atoms with Crippen LogP contribution in [0, 0.1) is 29.6 Å². The summed E-state index contributed by atoms with van der Waals surface area (Å²) in [6.07, 6.45) is 7.30. The predicted molar refractivity (Wildman–Crippen MR) is 148 cm³/mol. The molecule has 180 valence electrons. The van der Waals surface area contributed by atoms with Gasteiger partial charge in [0.1, 0.15) is 0 Å². The lowest BCUT2D eigenvalue weighted by Crippen LogP contribution is -2.16. The first-order valence-corrected chi connectivity index (χ1v) is 12.1. The fourth-order valence-corrected chi connectivity index (χ4v) is 4.67. The molecule has 36 heavy (non-hydrogen) atoms. The van der Waals surface area contributed by atoms with Crippen molar-refractivity contribution in [1.29, 1.82) is 10.7 Å². The minimum Gasteiger partial charge on any atom is -0.398 e. The van der Waals surface area contributed by atoms with Crippen LogP contribution in [0.25, 0.3) is 17.2 Å². The van der Waals surface area contributed by atoms with Crippen LogP contribution in [-0.2, 0) is 0 Å². The number of rotatable bonds is 7. The van der Waals surface area contributed by atoms with E-state index in [0.717, 1.165) is 58.2 Å². The van der Waals surface area contributed by atoms with E-state index in [1.807, 2.05) is 50.3 Å². The molecule has 0 aromatic heterocycles. The molecule has 0 amide bonds. The van der Waals surface area contributed by atoms with E-state index in [-0.39, 0.29) is 11.3 Å². The van der Waals surface area contributed by atoms with E-state index in [1.54, 1.807) is 12.1 Å². The summed E-state index contributed by atoms with van der Waals surface area (Å²) in [6, 6.07) is 21.6. The van der Waals surface area contributed by atoms with Gasteiger partial charge in [0.25, 0.3) is 0 Å². The van der Waals surface area contributed by atoms with E-state index in [4.69, 9.17) is 11.1 Å². The molecule has 3 aromatic rings. The molecule has 0 unspecified atom stereocenters. The molecule has 3 aromatic carbocycles. The third-order valence-corrected chi connectivity index (χ3v) is 6.77. The molecule has 4 heteroatoms.